The zero-order valence-electron chi connectivity index (χ0n) is 31.0. The predicted molar refractivity (Wildman–Crippen MR) is 206 cm³/mol. The van der Waals surface area contributed by atoms with Gasteiger partial charge in [-0.05, 0) is 60.2 Å². The van der Waals surface area contributed by atoms with Crippen LogP contribution in [-0.2, 0) is 27.8 Å². The number of pyridine rings is 1. The molecule has 5 rings (SSSR count). The Morgan fingerprint density at radius 3 is 2.42 bits per heavy atom. The third-order valence-electron chi connectivity index (χ3n) is 9.47. The molecule has 14 heteroatoms. The summed E-state index contributed by atoms with van der Waals surface area (Å²) in [6.07, 6.45) is 3.08. The topological polar surface area (TPSA) is 145 Å². The van der Waals surface area contributed by atoms with Crippen molar-refractivity contribution in [3.05, 3.63) is 95.8 Å². The Morgan fingerprint density at radius 1 is 1.04 bits per heavy atom. The first kappa shape index (κ1) is 39.8. The number of methoxy groups -OCH3 is 1. The van der Waals surface area contributed by atoms with Gasteiger partial charge in [-0.15, -0.1) is 11.3 Å². The van der Waals surface area contributed by atoms with Crippen LogP contribution in [-0.4, -0.2) is 101 Å². The average Bonchev–Trinajstić information content (AvgIpc) is 3.78. The normalized spacial score (nSPS) is 15.8. The maximum absolute atomic E-state index is 14.4. The van der Waals surface area contributed by atoms with Crippen molar-refractivity contribution in [1.82, 2.24) is 29.4 Å². The molecule has 1 aliphatic heterocycles. The smallest absolute Gasteiger partial charge is 0.321 e. The fourth-order valence-corrected chi connectivity index (χ4v) is 8.89. The lowest BCUT2D eigenvalue weighted by atomic mass is 9.95. The number of ether oxygens (including phenoxy) is 1. The van der Waals surface area contributed by atoms with E-state index in [-0.39, 0.29) is 42.3 Å². The number of nitrogens with zero attached hydrogens (tertiary/aromatic N) is 5. The molecule has 2 aromatic heterocycles. The molecule has 2 aromatic carbocycles. The van der Waals surface area contributed by atoms with E-state index in [0.717, 1.165) is 21.8 Å². The number of nitrogens with one attached hydrogen (secondary N) is 1. The second kappa shape index (κ2) is 18.1. The molecule has 3 amide bonds. The van der Waals surface area contributed by atoms with Crippen LogP contribution in [0.2, 0.25) is 0 Å². The van der Waals surface area contributed by atoms with E-state index in [9.17, 15) is 23.1 Å². The summed E-state index contributed by atoms with van der Waals surface area (Å²) in [6.45, 7) is 8.75. The van der Waals surface area contributed by atoms with Crippen LogP contribution in [0.4, 0.5) is 4.79 Å². The highest BCUT2D eigenvalue weighted by molar-refractivity contribution is 7.89. The van der Waals surface area contributed by atoms with Crippen molar-refractivity contribution in [2.75, 3.05) is 33.3 Å². The standard InChI is InChI=1S/C39H50N6O6S2/c1-6-28(4)36(45-20-19-43(39(45)48)24-31-26-52-38(41-31)30-13-10-18-40-22-30)37(47)42-34(21-29-11-8-7-9-12-29)35(46)25-44(23-27(2)3)53(49,50)33-16-14-32(51-5)15-17-33/h7-18,22,26-28,34-36,46H,6,19-21,23-25H2,1-5H3,(H,42,47)/t28-,34-,35+,36-/m0/s1. The Bertz CT molecular complexity index is 1890. The lowest BCUT2D eigenvalue weighted by Gasteiger charge is -2.35. The molecule has 4 atom stereocenters. The van der Waals surface area contributed by atoms with E-state index in [4.69, 9.17) is 9.72 Å². The van der Waals surface area contributed by atoms with Crippen molar-refractivity contribution < 1.29 is 27.9 Å². The average molecular weight is 763 g/mol. The molecule has 53 heavy (non-hydrogen) atoms. The molecule has 1 saturated heterocycles. The van der Waals surface area contributed by atoms with Gasteiger partial charge in [-0.2, -0.15) is 4.31 Å². The molecule has 284 valence electrons. The Kier molecular flexibility index (Phi) is 13.6. The first-order valence-corrected chi connectivity index (χ1v) is 20.3. The largest absolute Gasteiger partial charge is 0.497 e. The fraction of sp³-hybridized carbons (Fsp3) is 0.436. The summed E-state index contributed by atoms with van der Waals surface area (Å²) in [5, 5.41) is 17.7. The minimum atomic E-state index is -4.01. The second-order valence-corrected chi connectivity index (χ2v) is 16.7. The number of urea groups is 1. The zero-order chi connectivity index (χ0) is 38.1. The maximum atomic E-state index is 14.4. The van der Waals surface area contributed by atoms with Crippen LogP contribution in [0, 0.1) is 11.8 Å². The van der Waals surface area contributed by atoms with Crippen molar-refractivity contribution in [3.63, 3.8) is 0 Å². The van der Waals surface area contributed by atoms with Gasteiger partial charge in [0.1, 0.15) is 16.8 Å². The van der Waals surface area contributed by atoms with E-state index in [1.165, 1.54) is 34.9 Å². The summed E-state index contributed by atoms with van der Waals surface area (Å²) in [5.41, 5.74) is 2.53. The SMILES string of the molecule is CC[C@H](C)[C@@H](C(=O)N[C@@H](Cc1ccccc1)[C@H](O)CN(CC(C)C)S(=O)(=O)c1ccc(OC)cc1)N1CCN(Cc2csc(-c3cccnc3)n2)C1=O. The van der Waals surface area contributed by atoms with Gasteiger partial charge in [0.2, 0.25) is 15.9 Å². The van der Waals surface area contributed by atoms with Crippen molar-refractivity contribution in [2.45, 2.75) is 70.2 Å². The third kappa shape index (κ3) is 9.99. The lowest BCUT2D eigenvalue weighted by molar-refractivity contribution is -0.128. The Labute approximate surface area is 316 Å². The summed E-state index contributed by atoms with van der Waals surface area (Å²) in [5.74, 6) is -0.102. The van der Waals surface area contributed by atoms with E-state index in [1.54, 1.807) is 34.3 Å². The molecular weight excluding hydrogens is 713 g/mol. The van der Waals surface area contributed by atoms with Crippen LogP contribution < -0.4 is 10.1 Å². The van der Waals surface area contributed by atoms with Crippen LogP contribution in [0.5, 0.6) is 5.75 Å². The highest BCUT2D eigenvalue weighted by atomic mass is 32.2. The summed E-state index contributed by atoms with van der Waals surface area (Å²) in [4.78, 5) is 40.6. The lowest BCUT2D eigenvalue weighted by Crippen LogP contribution is -2.57. The number of carbonyl (C=O) groups excluding carboxylic acids is 2. The number of carbonyl (C=O) groups is 2. The maximum Gasteiger partial charge on any atom is 0.321 e. The number of aromatic nitrogens is 2. The molecule has 0 radical (unpaired) electrons. The number of aliphatic hydroxyl groups excluding tert-OH is 1. The Morgan fingerprint density at radius 2 is 1.77 bits per heavy atom. The molecule has 4 aromatic rings. The summed E-state index contributed by atoms with van der Waals surface area (Å²) < 4.78 is 34.3. The first-order chi connectivity index (χ1) is 25.4. The van der Waals surface area contributed by atoms with E-state index < -0.39 is 34.1 Å². The van der Waals surface area contributed by atoms with Crippen LogP contribution in [0.25, 0.3) is 10.6 Å². The molecule has 0 bridgehead atoms. The van der Waals surface area contributed by atoms with Gasteiger partial charge in [0.05, 0.1) is 36.4 Å². The molecule has 3 heterocycles. The number of amides is 3. The van der Waals surface area contributed by atoms with Gasteiger partial charge in [-0.1, -0.05) is 64.4 Å². The van der Waals surface area contributed by atoms with E-state index >= 15 is 0 Å². The monoisotopic (exact) mass is 762 g/mol. The van der Waals surface area contributed by atoms with E-state index in [1.807, 2.05) is 75.5 Å². The molecule has 1 aliphatic rings. The highest BCUT2D eigenvalue weighted by Gasteiger charge is 2.41. The first-order valence-electron chi connectivity index (χ1n) is 18.0. The third-order valence-corrected chi connectivity index (χ3v) is 12.3. The van der Waals surface area contributed by atoms with Crippen LogP contribution in [0.15, 0.2) is 89.4 Å². The van der Waals surface area contributed by atoms with Gasteiger partial charge in [0.15, 0.2) is 0 Å². The van der Waals surface area contributed by atoms with Gasteiger partial charge in [-0.25, -0.2) is 18.2 Å². The van der Waals surface area contributed by atoms with E-state index in [0.29, 0.717) is 31.8 Å². The molecular formula is C39H50N6O6S2. The molecule has 0 unspecified atom stereocenters. The zero-order valence-corrected chi connectivity index (χ0v) is 32.6. The minimum Gasteiger partial charge on any atom is -0.497 e. The summed E-state index contributed by atoms with van der Waals surface area (Å²) >= 11 is 1.49. The predicted octanol–water partition coefficient (Wildman–Crippen LogP) is 5.30. The Hall–Kier alpha value is -4.37. The number of hydrogen-bond acceptors (Lipinski definition) is 9. The molecule has 0 spiro atoms. The second-order valence-electron chi connectivity index (χ2n) is 13.9. The van der Waals surface area contributed by atoms with Crippen molar-refractivity contribution in [3.8, 4) is 16.3 Å². The molecule has 2 N–H and O–H groups in total. The summed E-state index contributed by atoms with van der Waals surface area (Å²) in [6, 6.07) is 17.5. The quantitative estimate of drug-likeness (QED) is 0.139. The number of benzene rings is 2. The number of sulfonamides is 1. The van der Waals surface area contributed by atoms with Crippen molar-refractivity contribution in [1.29, 1.82) is 0 Å². The molecule has 0 aliphatic carbocycles. The molecule has 12 nitrogen and oxygen atoms in total. The van der Waals surface area contributed by atoms with Crippen LogP contribution in [0.1, 0.15) is 45.4 Å². The van der Waals surface area contributed by atoms with Crippen LogP contribution >= 0.6 is 11.3 Å². The van der Waals surface area contributed by atoms with Gasteiger partial charge >= 0.3 is 6.03 Å². The van der Waals surface area contributed by atoms with Gasteiger partial charge in [0, 0.05) is 49.5 Å². The number of aliphatic hydroxyl groups is 1. The number of thiazole rings is 1. The van der Waals surface area contributed by atoms with Crippen molar-refractivity contribution >= 4 is 33.3 Å². The van der Waals surface area contributed by atoms with E-state index in [2.05, 4.69) is 10.3 Å². The Balaban J connectivity index is 1.35. The fourth-order valence-electron chi connectivity index (χ4n) is 6.46. The van der Waals surface area contributed by atoms with Gasteiger partial charge in [-0.3, -0.25) is 9.78 Å². The van der Waals surface area contributed by atoms with Crippen LogP contribution in [0.3, 0.4) is 0 Å². The van der Waals surface area contributed by atoms with Gasteiger partial charge < -0.3 is 25.0 Å². The van der Waals surface area contributed by atoms with Gasteiger partial charge in [0.25, 0.3) is 0 Å². The highest BCUT2D eigenvalue weighted by Crippen LogP contribution is 2.27. The summed E-state index contributed by atoms with van der Waals surface area (Å²) in [7, 11) is -2.50. The van der Waals surface area contributed by atoms with Crippen molar-refractivity contribution in [2.24, 2.45) is 11.8 Å². The minimum absolute atomic E-state index is 0.0393. The number of hydrogen-bond donors (Lipinski definition) is 2. The molecule has 0 saturated carbocycles. The number of rotatable bonds is 18. The molecule has 1 fully saturated rings.